The van der Waals surface area contributed by atoms with Gasteiger partial charge in [-0.1, -0.05) is 42.5 Å². The average molecular weight is 386 g/mol. The van der Waals surface area contributed by atoms with Gasteiger partial charge in [0.2, 0.25) is 0 Å². The lowest BCUT2D eigenvalue weighted by Crippen LogP contribution is -2.12. The van der Waals surface area contributed by atoms with Crippen LogP contribution in [0.3, 0.4) is 0 Å². The second-order valence-electron chi connectivity index (χ2n) is 6.45. The standard InChI is InChI=1S/C22H18N4OS/c1-14-8-9-17(10-15(14)2)19-13-28-22(25-19)26-21(27)18-11-23-20(24-12-18)16-6-4-3-5-7-16/h3-13H,1-2H3,(H,25,26,27). The Morgan fingerprint density at radius 2 is 1.68 bits per heavy atom. The van der Waals surface area contributed by atoms with Gasteiger partial charge < -0.3 is 0 Å². The van der Waals surface area contributed by atoms with Crippen molar-refractivity contribution in [2.45, 2.75) is 13.8 Å². The molecule has 0 saturated heterocycles. The molecule has 0 atom stereocenters. The van der Waals surface area contributed by atoms with E-state index in [9.17, 15) is 4.79 Å². The maximum Gasteiger partial charge on any atom is 0.260 e. The lowest BCUT2D eigenvalue weighted by atomic mass is 10.1. The van der Waals surface area contributed by atoms with Gasteiger partial charge in [0.05, 0.1) is 11.3 Å². The molecule has 2 aromatic heterocycles. The van der Waals surface area contributed by atoms with Crippen molar-refractivity contribution in [1.82, 2.24) is 15.0 Å². The van der Waals surface area contributed by atoms with Crippen LogP contribution < -0.4 is 5.32 Å². The number of thiazole rings is 1. The molecule has 2 heterocycles. The van der Waals surface area contributed by atoms with Gasteiger partial charge in [-0.25, -0.2) is 15.0 Å². The lowest BCUT2D eigenvalue weighted by molar-refractivity contribution is 0.102. The molecule has 28 heavy (non-hydrogen) atoms. The summed E-state index contributed by atoms with van der Waals surface area (Å²) in [5.74, 6) is 0.309. The number of nitrogens with zero attached hydrogens (tertiary/aromatic N) is 3. The monoisotopic (exact) mass is 386 g/mol. The molecule has 0 spiro atoms. The summed E-state index contributed by atoms with van der Waals surface area (Å²) in [6.07, 6.45) is 3.06. The second kappa shape index (κ2) is 7.70. The number of hydrogen-bond donors (Lipinski definition) is 1. The van der Waals surface area contributed by atoms with E-state index in [4.69, 9.17) is 0 Å². The first-order valence-corrected chi connectivity index (χ1v) is 9.70. The summed E-state index contributed by atoms with van der Waals surface area (Å²) in [5.41, 5.74) is 5.64. The highest BCUT2D eigenvalue weighted by atomic mass is 32.1. The minimum Gasteiger partial charge on any atom is -0.298 e. The summed E-state index contributed by atoms with van der Waals surface area (Å²) in [6.45, 7) is 4.16. The van der Waals surface area contributed by atoms with Gasteiger partial charge in [-0.3, -0.25) is 10.1 Å². The number of aromatic nitrogens is 3. The molecule has 0 radical (unpaired) electrons. The Kier molecular flexibility index (Phi) is 4.95. The third kappa shape index (κ3) is 3.82. The predicted molar refractivity (Wildman–Crippen MR) is 112 cm³/mol. The first-order valence-electron chi connectivity index (χ1n) is 8.82. The maximum absolute atomic E-state index is 12.5. The van der Waals surface area contributed by atoms with Gasteiger partial charge in [-0.15, -0.1) is 11.3 Å². The van der Waals surface area contributed by atoms with Crippen molar-refractivity contribution in [3.8, 4) is 22.6 Å². The molecular formula is C22H18N4OS. The van der Waals surface area contributed by atoms with E-state index in [-0.39, 0.29) is 5.91 Å². The number of carbonyl (C=O) groups excluding carboxylic acids is 1. The van der Waals surface area contributed by atoms with E-state index in [2.05, 4.69) is 46.2 Å². The Bertz CT molecular complexity index is 1120. The molecule has 2 aromatic carbocycles. The molecule has 6 heteroatoms. The summed E-state index contributed by atoms with van der Waals surface area (Å²) in [7, 11) is 0. The zero-order chi connectivity index (χ0) is 19.5. The summed E-state index contributed by atoms with van der Waals surface area (Å²) < 4.78 is 0. The van der Waals surface area contributed by atoms with Crippen LogP contribution in [-0.4, -0.2) is 20.9 Å². The van der Waals surface area contributed by atoms with Gasteiger partial charge in [0.15, 0.2) is 11.0 Å². The highest BCUT2D eigenvalue weighted by molar-refractivity contribution is 7.14. The van der Waals surface area contributed by atoms with E-state index in [0.717, 1.165) is 16.8 Å². The van der Waals surface area contributed by atoms with Crippen molar-refractivity contribution in [3.05, 3.63) is 83.0 Å². The third-order valence-corrected chi connectivity index (χ3v) is 5.23. The summed E-state index contributed by atoms with van der Waals surface area (Å²) in [6, 6.07) is 15.9. The van der Waals surface area contributed by atoms with Gasteiger partial charge in [-0.05, 0) is 31.0 Å². The van der Waals surface area contributed by atoms with E-state index in [1.165, 1.54) is 34.9 Å². The highest BCUT2D eigenvalue weighted by Gasteiger charge is 2.12. The van der Waals surface area contributed by atoms with Gasteiger partial charge in [0.25, 0.3) is 5.91 Å². The van der Waals surface area contributed by atoms with Crippen molar-refractivity contribution in [2.24, 2.45) is 0 Å². The Labute approximate surface area is 167 Å². The topological polar surface area (TPSA) is 67.8 Å². The normalized spacial score (nSPS) is 10.6. The molecule has 0 aliphatic heterocycles. The van der Waals surface area contributed by atoms with Crippen LogP contribution in [0.2, 0.25) is 0 Å². The average Bonchev–Trinajstić information content (AvgIpc) is 3.19. The number of carbonyl (C=O) groups is 1. The van der Waals surface area contributed by atoms with Gasteiger partial charge in [-0.2, -0.15) is 0 Å². The first-order chi connectivity index (χ1) is 13.6. The lowest BCUT2D eigenvalue weighted by Gasteiger charge is -2.04. The van der Waals surface area contributed by atoms with Crippen molar-refractivity contribution < 1.29 is 4.79 Å². The van der Waals surface area contributed by atoms with Crippen LogP contribution >= 0.6 is 11.3 Å². The number of aryl methyl sites for hydroxylation is 2. The van der Waals surface area contributed by atoms with Crippen molar-refractivity contribution >= 4 is 22.4 Å². The Balaban J connectivity index is 1.48. The fraction of sp³-hybridized carbons (Fsp3) is 0.0909. The van der Waals surface area contributed by atoms with Crippen LogP contribution in [0.5, 0.6) is 0 Å². The van der Waals surface area contributed by atoms with E-state index in [1.54, 1.807) is 0 Å². The number of hydrogen-bond acceptors (Lipinski definition) is 5. The molecule has 0 unspecified atom stereocenters. The van der Waals surface area contributed by atoms with Crippen LogP contribution in [0.4, 0.5) is 5.13 Å². The number of anilines is 1. The number of amides is 1. The van der Waals surface area contributed by atoms with Crippen LogP contribution in [0, 0.1) is 13.8 Å². The van der Waals surface area contributed by atoms with Gasteiger partial charge >= 0.3 is 0 Å². The molecule has 0 aliphatic carbocycles. The number of rotatable bonds is 4. The molecule has 5 nitrogen and oxygen atoms in total. The van der Waals surface area contributed by atoms with Crippen LogP contribution in [0.15, 0.2) is 66.3 Å². The molecular weight excluding hydrogens is 368 g/mol. The van der Waals surface area contributed by atoms with E-state index < -0.39 is 0 Å². The van der Waals surface area contributed by atoms with Crippen LogP contribution in [-0.2, 0) is 0 Å². The van der Waals surface area contributed by atoms with Crippen LogP contribution in [0.1, 0.15) is 21.5 Å². The van der Waals surface area contributed by atoms with Crippen LogP contribution in [0.25, 0.3) is 22.6 Å². The van der Waals surface area contributed by atoms with Crippen molar-refractivity contribution in [1.29, 1.82) is 0 Å². The summed E-state index contributed by atoms with van der Waals surface area (Å²) in [4.78, 5) is 25.6. The largest absolute Gasteiger partial charge is 0.298 e. The number of benzene rings is 2. The Morgan fingerprint density at radius 1 is 0.929 bits per heavy atom. The summed E-state index contributed by atoms with van der Waals surface area (Å²) >= 11 is 1.39. The smallest absolute Gasteiger partial charge is 0.260 e. The summed E-state index contributed by atoms with van der Waals surface area (Å²) in [5, 5.41) is 5.31. The quantitative estimate of drug-likeness (QED) is 0.527. The van der Waals surface area contributed by atoms with E-state index in [0.29, 0.717) is 16.5 Å². The molecule has 138 valence electrons. The van der Waals surface area contributed by atoms with Gasteiger partial charge in [0.1, 0.15) is 0 Å². The van der Waals surface area contributed by atoms with E-state index >= 15 is 0 Å². The number of nitrogens with one attached hydrogen (secondary N) is 1. The molecule has 0 aliphatic rings. The van der Waals surface area contributed by atoms with E-state index in [1.807, 2.05) is 41.8 Å². The zero-order valence-electron chi connectivity index (χ0n) is 15.5. The molecule has 0 saturated carbocycles. The fourth-order valence-electron chi connectivity index (χ4n) is 2.72. The minimum atomic E-state index is -0.277. The fourth-order valence-corrected chi connectivity index (χ4v) is 3.43. The SMILES string of the molecule is Cc1ccc(-c2csc(NC(=O)c3cnc(-c4ccccc4)nc3)n2)cc1C. The molecule has 4 aromatic rings. The molecule has 0 fully saturated rings. The second-order valence-corrected chi connectivity index (χ2v) is 7.31. The highest BCUT2D eigenvalue weighted by Crippen LogP contribution is 2.26. The maximum atomic E-state index is 12.5. The molecule has 1 N–H and O–H groups in total. The van der Waals surface area contributed by atoms with Crippen molar-refractivity contribution in [2.75, 3.05) is 5.32 Å². The third-order valence-electron chi connectivity index (χ3n) is 4.47. The first kappa shape index (κ1) is 18.0. The molecule has 4 rings (SSSR count). The Hall–Kier alpha value is -3.38. The van der Waals surface area contributed by atoms with Gasteiger partial charge in [0, 0.05) is 28.9 Å². The molecule has 0 bridgehead atoms. The Morgan fingerprint density at radius 3 is 2.39 bits per heavy atom. The minimum absolute atomic E-state index is 0.277. The molecule has 1 amide bonds. The predicted octanol–water partition coefficient (Wildman–Crippen LogP) is 5.14. The zero-order valence-corrected chi connectivity index (χ0v) is 16.3. The van der Waals surface area contributed by atoms with Crippen molar-refractivity contribution in [3.63, 3.8) is 0 Å².